The fourth-order valence-corrected chi connectivity index (χ4v) is 2.99. The fourth-order valence-electron chi connectivity index (χ4n) is 2.82. The Balaban J connectivity index is 1.81. The molecular weight excluding hydrogens is 240 g/mol. The molecule has 90 valence electrons. The van der Waals surface area contributed by atoms with Crippen LogP contribution in [0.3, 0.4) is 0 Å². The van der Waals surface area contributed by atoms with Gasteiger partial charge in [-0.3, -0.25) is 10.1 Å². The Morgan fingerprint density at radius 1 is 1.41 bits per heavy atom. The van der Waals surface area contributed by atoms with Gasteiger partial charge in [-0.2, -0.15) is 0 Å². The SMILES string of the molecule is O=[N+]([O-])c1ccc(Cl)c(NC2CC[C@H]3C[C@@H]23)c1. The number of hydrogen-bond donors (Lipinski definition) is 1. The van der Waals surface area contributed by atoms with Crippen LogP contribution < -0.4 is 5.32 Å². The average Bonchev–Trinajstić information content (AvgIpc) is 2.98. The number of nitrogens with zero attached hydrogens (tertiary/aromatic N) is 1. The molecule has 3 rings (SSSR count). The Bertz CT molecular complexity index is 478. The first-order valence-corrected chi connectivity index (χ1v) is 6.23. The molecule has 4 nitrogen and oxygen atoms in total. The Kier molecular flexibility index (Phi) is 2.47. The molecule has 0 aromatic heterocycles. The molecule has 17 heavy (non-hydrogen) atoms. The van der Waals surface area contributed by atoms with Crippen molar-refractivity contribution in [3.63, 3.8) is 0 Å². The van der Waals surface area contributed by atoms with Crippen LogP contribution in [-0.4, -0.2) is 11.0 Å². The fraction of sp³-hybridized carbons (Fsp3) is 0.500. The van der Waals surface area contributed by atoms with Crippen LogP contribution in [0.2, 0.25) is 5.02 Å². The summed E-state index contributed by atoms with van der Waals surface area (Å²) in [5, 5.41) is 14.6. The molecule has 0 heterocycles. The molecule has 0 bridgehead atoms. The molecule has 2 saturated carbocycles. The van der Waals surface area contributed by atoms with Crippen LogP contribution >= 0.6 is 11.6 Å². The van der Waals surface area contributed by atoms with E-state index in [1.54, 1.807) is 6.07 Å². The van der Waals surface area contributed by atoms with Crippen molar-refractivity contribution >= 4 is 23.0 Å². The van der Waals surface area contributed by atoms with Crippen LogP contribution in [0.25, 0.3) is 0 Å². The molecule has 3 atom stereocenters. The Labute approximate surface area is 104 Å². The summed E-state index contributed by atoms with van der Waals surface area (Å²) < 4.78 is 0. The standard InChI is InChI=1S/C12H13ClN2O2/c13-10-3-2-8(15(16)17)6-12(10)14-11-4-1-7-5-9(7)11/h2-3,6-7,9,11,14H,1,4-5H2/t7-,9+,11?/m0/s1. The zero-order valence-electron chi connectivity index (χ0n) is 9.23. The van der Waals surface area contributed by atoms with Crippen LogP contribution in [-0.2, 0) is 0 Å². The van der Waals surface area contributed by atoms with Crippen molar-refractivity contribution < 1.29 is 4.92 Å². The summed E-state index contributed by atoms with van der Waals surface area (Å²) in [5.74, 6) is 1.63. The number of nitro groups is 1. The van der Waals surface area contributed by atoms with Crippen LogP contribution in [0.4, 0.5) is 11.4 Å². The van der Waals surface area contributed by atoms with Gasteiger partial charge in [0.1, 0.15) is 0 Å². The zero-order valence-corrected chi connectivity index (χ0v) is 9.98. The van der Waals surface area contributed by atoms with E-state index in [1.807, 2.05) is 0 Å². The lowest BCUT2D eigenvalue weighted by Gasteiger charge is -2.16. The predicted molar refractivity (Wildman–Crippen MR) is 66.3 cm³/mol. The number of non-ortho nitro benzene ring substituents is 1. The predicted octanol–water partition coefficient (Wildman–Crippen LogP) is 3.46. The molecule has 0 aliphatic heterocycles. The van der Waals surface area contributed by atoms with E-state index >= 15 is 0 Å². The molecule has 5 heteroatoms. The minimum absolute atomic E-state index is 0.0854. The highest BCUT2D eigenvalue weighted by atomic mass is 35.5. The van der Waals surface area contributed by atoms with E-state index in [4.69, 9.17) is 11.6 Å². The van der Waals surface area contributed by atoms with Crippen molar-refractivity contribution in [2.24, 2.45) is 11.8 Å². The number of hydrogen-bond acceptors (Lipinski definition) is 3. The van der Waals surface area contributed by atoms with Gasteiger partial charge < -0.3 is 5.32 Å². The molecule has 2 fully saturated rings. The molecule has 2 aliphatic rings. The molecule has 1 aromatic carbocycles. The van der Waals surface area contributed by atoms with E-state index in [0.717, 1.165) is 18.3 Å². The maximum atomic E-state index is 10.7. The normalized spacial score (nSPS) is 29.8. The van der Waals surface area contributed by atoms with Crippen molar-refractivity contribution in [3.05, 3.63) is 33.3 Å². The van der Waals surface area contributed by atoms with E-state index in [2.05, 4.69) is 5.32 Å². The average molecular weight is 253 g/mol. The smallest absolute Gasteiger partial charge is 0.271 e. The van der Waals surface area contributed by atoms with E-state index in [0.29, 0.717) is 16.8 Å². The Morgan fingerprint density at radius 2 is 2.24 bits per heavy atom. The van der Waals surface area contributed by atoms with Crippen LogP contribution in [0, 0.1) is 22.0 Å². The monoisotopic (exact) mass is 252 g/mol. The molecule has 1 unspecified atom stereocenters. The number of fused-ring (bicyclic) bond motifs is 1. The van der Waals surface area contributed by atoms with E-state index in [1.165, 1.54) is 25.0 Å². The highest BCUT2D eigenvalue weighted by Crippen LogP contribution is 2.52. The minimum atomic E-state index is -0.393. The Hall–Kier alpha value is -1.29. The summed E-state index contributed by atoms with van der Waals surface area (Å²) in [6.07, 6.45) is 3.72. The van der Waals surface area contributed by atoms with Gasteiger partial charge in [-0.25, -0.2) is 0 Å². The lowest BCUT2D eigenvalue weighted by Crippen LogP contribution is -2.19. The van der Waals surface area contributed by atoms with E-state index in [9.17, 15) is 10.1 Å². The van der Waals surface area contributed by atoms with Crippen LogP contribution in [0.15, 0.2) is 18.2 Å². The van der Waals surface area contributed by atoms with Crippen LogP contribution in [0.1, 0.15) is 19.3 Å². The molecule has 0 saturated heterocycles. The van der Waals surface area contributed by atoms with Crippen molar-refractivity contribution in [1.29, 1.82) is 0 Å². The highest BCUT2D eigenvalue weighted by molar-refractivity contribution is 6.33. The molecule has 0 radical (unpaired) electrons. The summed E-state index contributed by atoms with van der Waals surface area (Å²) in [4.78, 5) is 10.3. The summed E-state index contributed by atoms with van der Waals surface area (Å²) >= 11 is 6.06. The second kappa shape index (κ2) is 3.88. The number of nitro benzene ring substituents is 1. The second-order valence-corrected chi connectivity index (χ2v) is 5.32. The van der Waals surface area contributed by atoms with Gasteiger partial charge in [-0.1, -0.05) is 11.6 Å². The first kappa shape index (κ1) is 10.8. The van der Waals surface area contributed by atoms with Crippen molar-refractivity contribution in [2.75, 3.05) is 5.32 Å². The maximum absolute atomic E-state index is 10.7. The summed E-state index contributed by atoms with van der Waals surface area (Å²) in [6.45, 7) is 0. The third kappa shape index (κ3) is 1.97. The first-order chi connectivity index (χ1) is 8.15. The maximum Gasteiger partial charge on any atom is 0.271 e. The molecule has 1 N–H and O–H groups in total. The lowest BCUT2D eigenvalue weighted by atomic mass is 10.1. The van der Waals surface area contributed by atoms with Crippen LogP contribution in [0.5, 0.6) is 0 Å². The topological polar surface area (TPSA) is 55.2 Å². The van der Waals surface area contributed by atoms with Gasteiger partial charge in [-0.15, -0.1) is 0 Å². The van der Waals surface area contributed by atoms with Gasteiger partial charge in [0.15, 0.2) is 0 Å². The number of benzene rings is 1. The minimum Gasteiger partial charge on any atom is -0.381 e. The van der Waals surface area contributed by atoms with Gasteiger partial charge in [0.2, 0.25) is 0 Å². The number of rotatable bonds is 3. The third-order valence-electron chi connectivity index (χ3n) is 3.84. The highest BCUT2D eigenvalue weighted by Gasteiger charge is 2.48. The van der Waals surface area contributed by atoms with E-state index in [-0.39, 0.29) is 5.69 Å². The van der Waals surface area contributed by atoms with Gasteiger partial charge in [-0.05, 0) is 37.2 Å². The van der Waals surface area contributed by atoms with E-state index < -0.39 is 4.92 Å². The third-order valence-corrected chi connectivity index (χ3v) is 4.17. The Morgan fingerprint density at radius 3 is 2.82 bits per heavy atom. The molecule has 0 amide bonds. The molecule has 0 spiro atoms. The largest absolute Gasteiger partial charge is 0.381 e. The number of halogens is 1. The quantitative estimate of drug-likeness (QED) is 0.662. The summed E-state index contributed by atoms with van der Waals surface area (Å²) in [6, 6.07) is 4.99. The van der Waals surface area contributed by atoms with Crippen molar-refractivity contribution in [1.82, 2.24) is 0 Å². The molecular formula is C12H13ClN2O2. The lowest BCUT2D eigenvalue weighted by molar-refractivity contribution is -0.384. The molecule has 1 aromatic rings. The molecule has 2 aliphatic carbocycles. The summed E-state index contributed by atoms with van der Waals surface area (Å²) in [5.41, 5.74) is 0.778. The van der Waals surface area contributed by atoms with Gasteiger partial charge in [0, 0.05) is 18.2 Å². The number of nitrogens with one attached hydrogen (secondary N) is 1. The second-order valence-electron chi connectivity index (χ2n) is 4.91. The van der Waals surface area contributed by atoms with Crippen molar-refractivity contribution in [2.45, 2.75) is 25.3 Å². The van der Waals surface area contributed by atoms with Gasteiger partial charge in [0.05, 0.1) is 15.6 Å². The number of anilines is 1. The van der Waals surface area contributed by atoms with Crippen molar-refractivity contribution in [3.8, 4) is 0 Å². The summed E-state index contributed by atoms with van der Waals surface area (Å²) in [7, 11) is 0. The zero-order chi connectivity index (χ0) is 12.0. The van der Waals surface area contributed by atoms with Gasteiger partial charge in [0.25, 0.3) is 5.69 Å². The van der Waals surface area contributed by atoms with Gasteiger partial charge >= 0.3 is 0 Å². The first-order valence-electron chi connectivity index (χ1n) is 5.85.